The van der Waals surface area contributed by atoms with Gasteiger partial charge in [-0.3, -0.25) is 9.59 Å². The molecule has 0 bridgehead atoms. The van der Waals surface area contributed by atoms with Gasteiger partial charge in [0.25, 0.3) is 5.91 Å². The molecule has 0 aromatic heterocycles. The van der Waals surface area contributed by atoms with Gasteiger partial charge in [0, 0.05) is 36.6 Å². The lowest BCUT2D eigenvalue weighted by molar-refractivity contribution is -0.133. The van der Waals surface area contributed by atoms with Crippen molar-refractivity contribution in [3.05, 3.63) is 59.1 Å². The van der Waals surface area contributed by atoms with Crippen molar-refractivity contribution in [1.82, 2.24) is 10.2 Å². The highest BCUT2D eigenvalue weighted by Crippen LogP contribution is 2.26. The quantitative estimate of drug-likeness (QED) is 0.717. The third-order valence-electron chi connectivity index (χ3n) is 4.49. The van der Waals surface area contributed by atoms with Gasteiger partial charge >= 0.3 is 0 Å². The number of hydrogen-bond donors (Lipinski definition) is 1. The van der Waals surface area contributed by atoms with E-state index in [-0.39, 0.29) is 48.6 Å². The Labute approximate surface area is 174 Å². The van der Waals surface area contributed by atoms with Gasteiger partial charge in [-0.15, -0.1) is 0 Å². The maximum absolute atomic E-state index is 12.2. The van der Waals surface area contributed by atoms with Gasteiger partial charge in [0.2, 0.25) is 5.91 Å². The molecule has 29 heavy (non-hydrogen) atoms. The van der Waals surface area contributed by atoms with Crippen LogP contribution in [0.5, 0.6) is 5.75 Å². The van der Waals surface area contributed by atoms with Crippen molar-refractivity contribution in [2.75, 3.05) is 25.4 Å². The van der Waals surface area contributed by atoms with Crippen molar-refractivity contribution in [1.29, 1.82) is 0 Å². The number of benzene rings is 2. The van der Waals surface area contributed by atoms with Crippen LogP contribution in [0.3, 0.4) is 0 Å². The summed E-state index contributed by atoms with van der Waals surface area (Å²) in [6.45, 7) is 0.738. The number of carbonyl (C=O) groups excluding carboxylic acids is 2. The Hall–Kier alpha value is -2.58. The van der Waals surface area contributed by atoms with Gasteiger partial charge in [-0.2, -0.15) is 0 Å². The van der Waals surface area contributed by atoms with Crippen molar-refractivity contribution in [3.63, 3.8) is 0 Å². The molecule has 7 nitrogen and oxygen atoms in total. The van der Waals surface area contributed by atoms with Gasteiger partial charge in [-0.1, -0.05) is 29.8 Å². The van der Waals surface area contributed by atoms with E-state index in [0.29, 0.717) is 17.3 Å². The Bertz CT molecular complexity index is 995. The van der Waals surface area contributed by atoms with Crippen LogP contribution in [0.4, 0.5) is 0 Å². The largest absolute Gasteiger partial charge is 0.483 e. The van der Waals surface area contributed by atoms with E-state index in [0.717, 1.165) is 5.56 Å². The predicted molar refractivity (Wildman–Crippen MR) is 108 cm³/mol. The third kappa shape index (κ3) is 5.71. The third-order valence-corrected chi connectivity index (χ3v) is 6.46. The summed E-state index contributed by atoms with van der Waals surface area (Å²) in [5.41, 5.74) is 0.795. The van der Waals surface area contributed by atoms with E-state index in [4.69, 9.17) is 16.3 Å². The fourth-order valence-corrected chi connectivity index (χ4v) is 4.39. The molecule has 154 valence electrons. The Balaban J connectivity index is 1.49. The minimum Gasteiger partial charge on any atom is -0.483 e. The van der Waals surface area contributed by atoms with Crippen LogP contribution in [0.2, 0.25) is 5.02 Å². The predicted octanol–water partition coefficient (Wildman–Crippen LogP) is 2.04. The van der Waals surface area contributed by atoms with E-state index in [9.17, 15) is 18.0 Å². The minimum atomic E-state index is -3.51. The Morgan fingerprint density at radius 3 is 2.69 bits per heavy atom. The number of nitrogens with one attached hydrogen (secondary N) is 1. The summed E-state index contributed by atoms with van der Waals surface area (Å²) in [6.07, 6.45) is -0.146. The highest BCUT2D eigenvalue weighted by atomic mass is 35.5. The second kappa shape index (κ2) is 9.28. The van der Waals surface area contributed by atoms with Crippen molar-refractivity contribution in [2.45, 2.75) is 17.9 Å². The Kier molecular flexibility index (Phi) is 6.76. The van der Waals surface area contributed by atoms with Crippen molar-refractivity contribution in [2.24, 2.45) is 0 Å². The maximum atomic E-state index is 12.2. The number of fused-ring (bicyclic) bond motifs is 1. The SMILES string of the molecule is O=C(CCS(=O)(=O)c1ccccc1)NCCN1Cc2cc(Cl)ccc2OCC1=O. The molecule has 2 aromatic carbocycles. The molecular formula is C20H21ClN2O5S. The first-order valence-electron chi connectivity index (χ1n) is 9.09. The molecule has 0 spiro atoms. The average Bonchev–Trinajstić information content (AvgIpc) is 2.86. The molecule has 3 rings (SSSR count). The zero-order valence-corrected chi connectivity index (χ0v) is 17.2. The number of rotatable bonds is 7. The molecule has 1 aliphatic heterocycles. The van der Waals surface area contributed by atoms with Crippen LogP contribution in [0.1, 0.15) is 12.0 Å². The lowest BCUT2D eigenvalue weighted by atomic mass is 10.2. The number of hydrogen-bond acceptors (Lipinski definition) is 5. The highest BCUT2D eigenvalue weighted by molar-refractivity contribution is 7.91. The molecule has 2 aromatic rings. The van der Waals surface area contributed by atoms with E-state index in [1.165, 1.54) is 12.1 Å². The summed E-state index contributed by atoms with van der Waals surface area (Å²) in [4.78, 5) is 26.0. The maximum Gasteiger partial charge on any atom is 0.260 e. The molecule has 2 amide bonds. The Morgan fingerprint density at radius 2 is 1.93 bits per heavy atom. The molecule has 0 saturated carbocycles. The van der Waals surface area contributed by atoms with Gasteiger partial charge < -0.3 is 15.0 Å². The summed E-state index contributed by atoms with van der Waals surface area (Å²) in [6, 6.07) is 13.2. The van der Waals surface area contributed by atoms with E-state index < -0.39 is 9.84 Å². The monoisotopic (exact) mass is 436 g/mol. The van der Waals surface area contributed by atoms with Crippen LogP contribution in [-0.4, -0.2) is 50.6 Å². The smallest absolute Gasteiger partial charge is 0.260 e. The average molecular weight is 437 g/mol. The molecule has 0 saturated heterocycles. The number of nitrogens with zero attached hydrogens (tertiary/aromatic N) is 1. The molecule has 0 radical (unpaired) electrons. The van der Waals surface area contributed by atoms with Crippen molar-refractivity contribution >= 4 is 33.3 Å². The van der Waals surface area contributed by atoms with Gasteiger partial charge in [-0.25, -0.2) is 8.42 Å². The molecule has 0 atom stereocenters. The van der Waals surface area contributed by atoms with Crippen molar-refractivity contribution in [3.8, 4) is 5.75 Å². The standard InChI is InChI=1S/C20H21ClN2O5S/c21-16-6-7-18-15(12-16)13-23(20(25)14-28-18)10-9-22-19(24)8-11-29(26,27)17-4-2-1-3-5-17/h1-7,12H,8-11,13-14H2,(H,22,24). The van der Waals surface area contributed by atoms with Crippen LogP contribution < -0.4 is 10.1 Å². The van der Waals surface area contributed by atoms with E-state index in [1.807, 2.05) is 0 Å². The van der Waals surface area contributed by atoms with Gasteiger partial charge in [0.05, 0.1) is 10.6 Å². The van der Waals surface area contributed by atoms with E-state index in [2.05, 4.69) is 5.32 Å². The first kappa shape index (κ1) is 21.1. The summed E-state index contributed by atoms with van der Waals surface area (Å²) >= 11 is 6.01. The van der Waals surface area contributed by atoms with Crippen LogP contribution in [0, 0.1) is 0 Å². The van der Waals surface area contributed by atoms with Crippen LogP contribution in [0.25, 0.3) is 0 Å². The van der Waals surface area contributed by atoms with E-state index >= 15 is 0 Å². The molecule has 9 heteroatoms. The minimum absolute atomic E-state index is 0.0854. The Morgan fingerprint density at radius 1 is 1.17 bits per heavy atom. The fraction of sp³-hybridized carbons (Fsp3) is 0.300. The number of ether oxygens (including phenoxy) is 1. The zero-order chi connectivity index (χ0) is 20.9. The van der Waals surface area contributed by atoms with Gasteiger partial charge in [0.15, 0.2) is 16.4 Å². The number of sulfone groups is 1. The topological polar surface area (TPSA) is 92.8 Å². The first-order valence-corrected chi connectivity index (χ1v) is 11.1. The summed E-state index contributed by atoms with van der Waals surface area (Å²) in [5.74, 6) is -0.240. The summed E-state index contributed by atoms with van der Waals surface area (Å²) < 4.78 is 29.9. The molecule has 0 unspecified atom stereocenters. The first-order chi connectivity index (χ1) is 13.8. The fourth-order valence-electron chi connectivity index (χ4n) is 2.93. The summed E-state index contributed by atoms with van der Waals surface area (Å²) in [7, 11) is -3.51. The second-order valence-electron chi connectivity index (χ2n) is 6.59. The van der Waals surface area contributed by atoms with E-state index in [1.54, 1.807) is 41.3 Å². The molecular weight excluding hydrogens is 416 g/mol. The molecule has 1 aliphatic rings. The highest BCUT2D eigenvalue weighted by Gasteiger charge is 2.22. The zero-order valence-electron chi connectivity index (χ0n) is 15.6. The number of amides is 2. The summed E-state index contributed by atoms with van der Waals surface area (Å²) in [5, 5.41) is 3.22. The lowest BCUT2D eigenvalue weighted by Gasteiger charge is -2.20. The van der Waals surface area contributed by atoms with Crippen molar-refractivity contribution < 1.29 is 22.7 Å². The number of halogens is 1. The lowest BCUT2D eigenvalue weighted by Crippen LogP contribution is -2.39. The molecule has 1 heterocycles. The van der Waals surface area contributed by atoms with Crippen LogP contribution >= 0.6 is 11.6 Å². The number of carbonyl (C=O) groups is 2. The van der Waals surface area contributed by atoms with Gasteiger partial charge in [-0.05, 0) is 30.3 Å². The normalized spacial score (nSPS) is 14.0. The van der Waals surface area contributed by atoms with Crippen LogP contribution in [-0.2, 0) is 26.0 Å². The van der Waals surface area contributed by atoms with Crippen LogP contribution in [0.15, 0.2) is 53.4 Å². The molecule has 0 fully saturated rings. The second-order valence-corrected chi connectivity index (χ2v) is 9.13. The molecule has 0 aliphatic carbocycles. The molecule has 1 N–H and O–H groups in total. The van der Waals surface area contributed by atoms with Gasteiger partial charge in [0.1, 0.15) is 5.75 Å².